The van der Waals surface area contributed by atoms with Crippen molar-refractivity contribution in [3.63, 3.8) is 0 Å². The lowest BCUT2D eigenvalue weighted by molar-refractivity contribution is 0.512. The molecule has 1 atom stereocenters. The van der Waals surface area contributed by atoms with Crippen molar-refractivity contribution >= 4 is 10.9 Å². The lowest BCUT2D eigenvalue weighted by atomic mass is 10.1. The van der Waals surface area contributed by atoms with Gasteiger partial charge in [-0.25, -0.2) is 0 Å². The largest absolute Gasteiger partial charge is 0.261 e. The van der Waals surface area contributed by atoms with Gasteiger partial charge in [0.1, 0.15) is 0 Å². The molecule has 1 unspecified atom stereocenters. The molecule has 1 heterocycles. The molecule has 88 valence electrons. The van der Waals surface area contributed by atoms with Crippen molar-refractivity contribution in [2.45, 2.75) is 39.7 Å². The maximum atomic E-state index is 8.79. The van der Waals surface area contributed by atoms with Gasteiger partial charge in [0.15, 0.2) is 0 Å². The van der Waals surface area contributed by atoms with Crippen LogP contribution in [0, 0.1) is 18.3 Å². The molecule has 0 fully saturated rings. The lowest BCUT2D eigenvalue weighted by Gasteiger charge is -2.09. The van der Waals surface area contributed by atoms with Crippen LogP contribution in [0.25, 0.3) is 10.9 Å². The van der Waals surface area contributed by atoms with E-state index in [0.717, 1.165) is 17.6 Å². The lowest BCUT2D eigenvalue weighted by Crippen LogP contribution is -2.06. The number of rotatable bonds is 3. The summed E-state index contributed by atoms with van der Waals surface area (Å²) in [5, 5.41) is 14.6. The average Bonchev–Trinajstić information content (AvgIpc) is 2.67. The first-order valence-corrected chi connectivity index (χ1v) is 6.02. The fraction of sp³-hybridized carbons (Fsp3) is 0.429. The highest BCUT2D eigenvalue weighted by Crippen LogP contribution is 2.24. The van der Waals surface area contributed by atoms with Crippen LogP contribution in [0.5, 0.6) is 0 Å². The van der Waals surface area contributed by atoms with Crippen molar-refractivity contribution in [3.05, 3.63) is 29.5 Å². The number of benzene rings is 1. The second-order valence-corrected chi connectivity index (χ2v) is 4.48. The van der Waals surface area contributed by atoms with E-state index < -0.39 is 0 Å². The van der Waals surface area contributed by atoms with E-state index in [9.17, 15) is 0 Å². The topological polar surface area (TPSA) is 41.6 Å². The van der Waals surface area contributed by atoms with Crippen LogP contribution in [0.2, 0.25) is 0 Å². The predicted octanol–water partition coefficient (Wildman–Crippen LogP) is 3.38. The zero-order chi connectivity index (χ0) is 12.4. The first-order chi connectivity index (χ1) is 8.17. The Morgan fingerprint density at radius 1 is 1.47 bits per heavy atom. The maximum absolute atomic E-state index is 8.79. The summed E-state index contributed by atoms with van der Waals surface area (Å²) in [4.78, 5) is 0. The van der Waals surface area contributed by atoms with Gasteiger partial charge in [-0.15, -0.1) is 0 Å². The summed E-state index contributed by atoms with van der Waals surface area (Å²) in [6.07, 6.45) is 1.42. The Kier molecular flexibility index (Phi) is 3.14. The fourth-order valence-corrected chi connectivity index (χ4v) is 2.13. The number of hydrogen-bond donors (Lipinski definition) is 0. The van der Waals surface area contributed by atoms with Gasteiger partial charge in [-0.3, -0.25) is 4.68 Å². The van der Waals surface area contributed by atoms with Gasteiger partial charge in [0, 0.05) is 5.39 Å². The van der Waals surface area contributed by atoms with Crippen LogP contribution in [0.4, 0.5) is 0 Å². The van der Waals surface area contributed by atoms with Gasteiger partial charge < -0.3 is 0 Å². The van der Waals surface area contributed by atoms with Crippen molar-refractivity contribution < 1.29 is 0 Å². The highest BCUT2D eigenvalue weighted by molar-refractivity contribution is 5.82. The molecule has 0 spiro atoms. The Hall–Kier alpha value is -1.82. The van der Waals surface area contributed by atoms with Crippen molar-refractivity contribution in [2.24, 2.45) is 0 Å². The maximum Gasteiger partial charge on any atom is 0.0700 e. The smallest absolute Gasteiger partial charge is 0.0700 e. The summed E-state index contributed by atoms with van der Waals surface area (Å²) < 4.78 is 1.98. The molecule has 2 rings (SSSR count). The van der Waals surface area contributed by atoms with Crippen LogP contribution in [0.1, 0.15) is 37.6 Å². The number of aryl methyl sites for hydroxylation is 2. The van der Waals surface area contributed by atoms with Crippen molar-refractivity contribution in [1.82, 2.24) is 9.78 Å². The summed E-state index contributed by atoms with van der Waals surface area (Å²) in [6.45, 7) is 6.24. The number of aromatic nitrogens is 2. The standard InChI is InChI=1S/C14H17N3/c1-4-13-12-9-10(2)5-6-14(12)17(16-13)11(3)7-8-15/h5-6,9,11H,4,7H2,1-3H3. The molecule has 0 aliphatic carbocycles. The molecule has 0 radical (unpaired) electrons. The molecule has 2 aromatic rings. The number of nitrogens with zero attached hydrogens (tertiary/aromatic N) is 3. The van der Waals surface area contributed by atoms with Gasteiger partial charge in [-0.1, -0.05) is 18.6 Å². The van der Waals surface area contributed by atoms with E-state index in [1.54, 1.807) is 0 Å². The van der Waals surface area contributed by atoms with E-state index in [2.05, 4.69) is 43.2 Å². The Labute approximate surface area is 102 Å². The van der Waals surface area contributed by atoms with Crippen LogP contribution < -0.4 is 0 Å². The highest BCUT2D eigenvalue weighted by Gasteiger charge is 2.13. The molecular weight excluding hydrogens is 210 g/mol. The molecule has 0 aliphatic rings. The van der Waals surface area contributed by atoms with Crippen LogP contribution in [-0.4, -0.2) is 9.78 Å². The Morgan fingerprint density at radius 2 is 2.24 bits per heavy atom. The van der Waals surface area contributed by atoms with E-state index in [-0.39, 0.29) is 6.04 Å². The minimum atomic E-state index is 0.130. The van der Waals surface area contributed by atoms with Crippen LogP contribution >= 0.6 is 0 Å². The molecule has 0 saturated carbocycles. The molecule has 17 heavy (non-hydrogen) atoms. The quantitative estimate of drug-likeness (QED) is 0.806. The third-order valence-electron chi connectivity index (χ3n) is 3.08. The van der Waals surface area contributed by atoms with Crippen molar-refractivity contribution in [1.29, 1.82) is 5.26 Å². The summed E-state index contributed by atoms with van der Waals surface area (Å²) in [7, 11) is 0. The summed E-state index contributed by atoms with van der Waals surface area (Å²) >= 11 is 0. The Balaban J connectivity index is 2.61. The van der Waals surface area contributed by atoms with Crippen molar-refractivity contribution in [2.75, 3.05) is 0 Å². The molecule has 0 N–H and O–H groups in total. The number of fused-ring (bicyclic) bond motifs is 1. The molecule has 0 saturated heterocycles. The van der Waals surface area contributed by atoms with E-state index in [4.69, 9.17) is 5.26 Å². The van der Waals surface area contributed by atoms with Gasteiger partial charge in [0.25, 0.3) is 0 Å². The normalized spacial score (nSPS) is 12.6. The number of nitriles is 1. The van der Waals surface area contributed by atoms with Gasteiger partial charge >= 0.3 is 0 Å². The van der Waals surface area contributed by atoms with Crippen molar-refractivity contribution in [3.8, 4) is 6.07 Å². The van der Waals surface area contributed by atoms with E-state index >= 15 is 0 Å². The van der Waals surface area contributed by atoms with Gasteiger partial charge in [-0.2, -0.15) is 10.4 Å². The van der Waals surface area contributed by atoms with E-state index in [0.29, 0.717) is 6.42 Å². The average molecular weight is 227 g/mol. The predicted molar refractivity (Wildman–Crippen MR) is 68.8 cm³/mol. The number of hydrogen-bond acceptors (Lipinski definition) is 2. The molecule has 1 aromatic heterocycles. The molecular formula is C14H17N3. The third-order valence-corrected chi connectivity index (χ3v) is 3.08. The summed E-state index contributed by atoms with van der Waals surface area (Å²) in [6, 6.07) is 8.71. The second-order valence-electron chi connectivity index (χ2n) is 4.48. The fourth-order valence-electron chi connectivity index (χ4n) is 2.13. The minimum Gasteiger partial charge on any atom is -0.261 e. The third kappa shape index (κ3) is 2.03. The molecule has 3 nitrogen and oxygen atoms in total. The molecule has 0 amide bonds. The highest BCUT2D eigenvalue weighted by atomic mass is 15.3. The van der Waals surface area contributed by atoms with E-state index in [1.165, 1.54) is 10.9 Å². The molecule has 1 aromatic carbocycles. The molecule has 0 bridgehead atoms. The Bertz CT molecular complexity index is 575. The van der Waals surface area contributed by atoms with Gasteiger partial charge in [0.2, 0.25) is 0 Å². The summed E-state index contributed by atoms with van der Waals surface area (Å²) in [5.41, 5.74) is 3.50. The first kappa shape index (κ1) is 11.7. The zero-order valence-corrected chi connectivity index (χ0v) is 10.6. The zero-order valence-electron chi connectivity index (χ0n) is 10.6. The Morgan fingerprint density at radius 3 is 2.88 bits per heavy atom. The monoisotopic (exact) mass is 227 g/mol. The molecule has 3 heteroatoms. The van der Waals surface area contributed by atoms with Gasteiger partial charge in [0.05, 0.1) is 29.7 Å². The van der Waals surface area contributed by atoms with E-state index in [1.807, 2.05) is 11.6 Å². The van der Waals surface area contributed by atoms with Crippen LogP contribution in [0.15, 0.2) is 18.2 Å². The van der Waals surface area contributed by atoms with Crippen LogP contribution in [-0.2, 0) is 6.42 Å². The minimum absolute atomic E-state index is 0.130. The van der Waals surface area contributed by atoms with Crippen LogP contribution in [0.3, 0.4) is 0 Å². The summed E-state index contributed by atoms with van der Waals surface area (Å²) in [5.74, 6) is 0. The van der Waals surface area contributed by atoms with Gasteiger partial charge in [-0.05, 0) is 32.4 Å². The molecule has 0 aliphatic heterocycles. The first-order valence-electron chi connectivity index (χ1n) is 6.02. The SMILES string of the molecule is CCc1nn(C(C)CC#N)c2ccc(C)cc12. The second kappa shape index (κ2) is 4.58.